The molecule has 2 heteroatoms. The number of aryl methyl sites for hydroxylation is 2. The lowest BCUT2D eigenvalue weighted by atomic mass is 9.95. The van der Waals surface area contributed by atoms with Gasteiger partial charge in [-0.05, 0) is 59.1 Å². The Morgan fingerprint density at radius 2 is 0.857 bits per heavy atom. The molecule has 2 aromatic rings. The van der Waals surface area contributed by atoms with Crippen LogP contribution in [0.15, 0.2) is 36.4 Å². The average Bonchev–Trinajstić information content (AvgIpc) is 2.70. The number of hydrogen-bond acceptors (Lipinski definition) is 2. The second-order valence-corrected chi connectivity index (χ2v) is 10.1. The van der Waals surface area contributed by atoms with Gasteiger partial charge in [0.15, 0.2) is 0 Å². The maximum Gasteiger partial charge on any atom is 0.0291 e. The first-order chi connectivity index (χ1) is 13.7. The van der Waals surface area contributed by atoms with Gasteiger partial charge in [0, 0.05) is 11.5 Å². The van der Waals surface area contributed by atoms with Crippen molar-refractivity contribution >= 4 is 21.6 Å². The summed E-state index contributed by atoms with van der Waals surface area (Å²) in [6.45, 7) is 9.17. The molecular weight excluding hydrogens is 376 g/mol. The van der Waals surface area contributed by atoms with Crippen LogP contribution in [0, 0.1) is 0 Å². The summed E-state index contributed by atoms with van der Waals surface area (Å²) >= 11 is 0. The minimum atomic E-state index is 1.12. The SMILES string of the molecule is CCCc1cccc(CSSCc2cccc(CCC)c2CCC)c1CCC. The Hall–Kier alpha value is -0.860. The molecule has 0 radical (unpaired) electrons. The normalized spacial score (nSPS) is 11.1. The van der Waals surface area contributed by atoms with Crippen molar-refractivity contribution in [2.45, 2.75) is 90.6 Å². The van der Waals surface area contributed by atoms with E-state index in [1.165, 1.54) is 51.4 Å². The van der Waals surface area contributed by atoms with Gasteiger partial charge in [-0.25, -0.2) is 0 Å². The fourth-order valence-corrected chi connectivity index (χ4v) is 6.23. The second kappa shape index (κ2) is 13.4. The Labute approximate surface area is 181 Å². The van der Waals surface area contributed by atoms with Gasteiger partial charge >= 0.3 is 0 Å². The van der Waals surface area contributed by atoms with E-state index in [0.29, 0.717) is 0 Å². The molecule has 0 fully saturated rings. The number of benzene rings is 2. The molecule has 0 heterocycles. The highest BCUT2D eigenvalue weighted by molar-refractivity contribution is 8.76. The molecule has 0 bridgehead atoms. The van der Waals surface area contributed by atoms with Gasteiger partial charge in [0.2, 0.25) is 0 Å². The molecule has 154 valence electrons. The van der Waals surface area contributed by atoms with Gasteiger partial charge in [0.05, 0.1) is 0 Å². The third-order valence-corrected chi connectivity index (χ3v) is 7.52. The molecule has 0 amide bonds. The Kier molecular flexibility index (Phi) is 11.2. The van der Waals surface area contributed by atoms with Crippen molar-refractivity contribution in [2.75, 3.05) is 0 Å². The van der Waals surface area contributed by atoms with Crippen molar-refractivity contribution in [3.05, 3.63) is 69.8 Å². The Bertz CT molecular complexity index is 644. The molecule has 0 aliphatic rings. The van der Waals surface area contributed by atoms with E-state index < -0.39 is 0 Å². The predicted octanol–water partition coefficient (Wildman–Crippen LogP) is 8.58. The van der Waals surface area contributed by atoms with Gasteiger partial charge in [-0.3, -0.25) is 0 Å². The monoisotopic (exact) mass is 414 g/mol. The van der Waals surface area contributed by atoms with Crippen LogP contribution in [-0.4, -0.2) is 0 Å². The van der Waals surface area contributed by atoms with Crippen LogP contribution in [0.3, 0.4) is 0 Å². The van der Waals surface area contributed by atoms with Gasteiger partial charge in [-0.15, -0.1) is 0 Å². The van der Waals surface area contributed by atoms with E-state index in [1.807, 2.05) is 21.6 Å². The largest absolute Gasteiger partial charge is 0.0890 e. The first kappa shape index (κ1) is 23.4. The predicted molar refractivity (Wildman–Crippen MR) is 131 cm³/mol. The van der Waals surface area contributed by atoms with Gasteiger partial charge in [0.25, 0.3) is 0 Å². The highest BCUT2D eigenvalue weighted by Crippen LogP contribution is 2.33. The molecule has 2 aromatic carbocycles. The smallest absolute Gasteiger partial charge is 0.0291 e. The van der Waals surface area contributed by atoms with Crippen molar-refractivity contribution in [2.24, 2.45) is 0 Å². The summed E-state index contributed by atoms with van der Waals surface area (Å²) in [5.41, 5.74) is 9.50. The summed E-state index contributed by atoms with van der Waals surface area (Å²) in [4.78, 5) is 0. The third-order valence-electron chi connectivity index (χ3n) is 5.29. The van der Waals surface area contributed by atoms with Crippen LogP contribution in [0.5, 0.6) is 0 Å². The van der Waals surface area contributed by atoms with Crippen molar-refractivity contribution in [1.82, 2.24) is 0 Å². The topological polar surface area (TPSA) is 0 Å². The first-order valence-electron chi connectivity index (χ1n) is 11.2. The lowest BCUT2D eigenvalue weighted by molar-refractivity contribution is 0.853. The fraction of sp³-hybridized carbons (Fsp3) is 0.538. The fourth-order valence-electron chi connectivity index (χ4n) is 4.01. The lowest BCUT2D eigenvalue weighted by Crippen LogP contribution is -2.00. The molecule has 28 heavy (non-hydrogen) atoms. The quantitative estimate of drug-likeness (QED) is 0.238. The van der Waals surface area contributed by atoms with E-state index in [9.17, 15) is 0 Å². The van der Waals surface area contributed by atoms with Gasteiger partial charge in [0.1, 0.15) is 0 Å². The zero-order valence-corrected chi connectivity index (χ0v) is 20.0. The summed E-state index contributed by atoms with van der Waals surface area (Å²) in [7, 11) is 4.06. The molecule has 0 saturated heterocycles. The van der Waals surface area contributed by atoms with Crippen LogP contribution in [0.4, 0.5) is 0 Å². The average molecular weight is 415 g/mol. The molecule has 0 unspecified atom stereocenters. The Balaban J connectivity index is 2.01. The first-order valence-corrected chi connectivity index (χ1v) is 13.7. The zero-order chi connectivity index (χ0) is 20.2. The molecule has 0 aromatic heterocycles. The maximum absolute atomic E-state index is 2.35. The van der Waals surface area contributed by atoms with E-state index in [4.69, 9.17) is 0 Å². The van der Waals surface area contributed by atoms with Crippen molar-refractivity contribution < 1.29 is 0 Å². The molecule has 0 aliphatic carbocycles. The molecule has 2 rings (SSSR count). The summed E-state index contributed by atoms with van der Waals surface area (Å²) in [5.74, 6) is 2.24. The Morgan fingerprint density at radius 1 is 0.500 bits per heavy atom. The minimum absolute atomic E-state index is 1.12. The molecule has 0 aliphatic heterocycles. The van der Waals surface area contributed by atoms with E-state index >= 15 is 0 Å². The lowest BCUT2D eigenvalue weighted by Gasteiger charge is -2.15. The van der Waals surface area contributed by atoms with Gasteiger partial charge in [-0.2, -0.15) is 0 Å². The van der Waals surface area contributed by atoms with Gasteiger partial charge < -0.3 is 0 Å². The Morgan fingerprint density at radius 3 is 1.21 bits per heavy atom. The molecule has 0 nitrogen and oxygen atoms in total. The molecule has 0 N–H and O–H groups in total. The van der Waals surface area contributed by atoms with Crippen LogP contribution in [-0.2, 0) is 37.2 Å². The second-order valence-electron chi connectivity index (χ2n) is 7.63. The van der Waals surface area contributed by atoms with E-state index in [-0.39, 0.29) is 0 Å². The highest BCUT2D eigenvalue weighted by atomic mass is 33.1. The van der Waals surface area contributed by atoms with E-state index in [2.05, 4.69) is 64.1 Å². The summed E-state index contributed by atoms with van der Waals surface area (Å²) in [6.07, 6.45) is 9.79. The maximum atomic E-state index is 2.35. The molecule has 0 atom stereocenters. The standard InChI is InChI=1S/C26H38S2/c1-5-11-21-15-9-17-23(25(21)13-7-3)19-27-28-20-24-18-10-16-22(12-6-2)26(24)14-8-4/h9-10,15-18H,5-8,11-14,19-20H2,1-4H3. The van der Waals surface area contributed by atoms with Crippen LogP contribution in [0.1, 0.15) is 86.8 Å². The summed E-state index contributed by atoms with van der Waals surface area (Å²) in [6, 6.07) is 13.9. The van der Waals surface area contributed by atoms with Crippen molar-refractivity contribution in [3.63, 3.8) is 0 Å². The van der Waals surface area contributed by atoms with Crippen LogP contribution in [0.25, 0.3) is 0 Å². The van der Waals surface area contributed by atoms with Crippen molar-refractivity contribution in [3.8, 4) is 0 Å². The number of rotatable bonds is 13. The van der Waals surface area contributed by atoms with Crippen LogP contribution in [0.2, 0.25) is 0 Å². The van der Waals surface area contributed by atoms with E-state index in [1.54, 1.807) is 33.4 Å². The molecular formula is C26H38S2. The highest BCUT2D eigenvalue weighted by Gasteiger charge is 2.10. The van der Waals surface area contributed by atoms with Crippen LogP contribution < -0.4 is 0 Å². The molecule has 0 saturated carbocycles. The van der Waals surface area contributed by atoms with Gasteiger partial charge in [-0.1, -0.05) is 111 Å². The summed E-state index contributed by atoms with van der Waals surface area (Å²) < 4.78 is 0. The molecule has 0 spiro atoms. The van der Waals surface area contributed by atoms with Crippen LogP contribution >= 0.6 is 21.6 Å². The van der Waals surface area contributed by atoms with E-state index in [0.717, 1.165) is 11.5 Å². The minimum Gasteiger partial charge on any atom is -0.0890 e. The third kappa shape index (κ3) is 6.88. The van der Waals surface area contributed by atoms with Crippen molar-refractivity contribution in [1.29, 1.82) is 0 Å². The number of hydrogen-bond donors (Lipinski definition) is 0. The summed E-state index contributed by atoms with van der Waals surface area (Å²) in [5, 5.41) is 0. The zero-order valence-electron chi connectivity index (χ0n) is 18.4.